The lowest BCUT2D eigenvalue weighted by molar-refractivity contribution is -0.158. The normalized spacial score (nSPS) is 20.7. The van der Waals surface area contributed by atoms with Gasteiger partial charge in [-0.05, 0) is 44.2 Å². The Balaban J connectivity index is 1.62. The number of ether oxygens (including phenoxy) is 3. The highest BCUT2D eigenvalue weighted by Gasteiger charge is 2.45. The minimum atomic E-state index is -0.745. The summed E-state index contributed by atoms with van der Waals surface area (Å²) in [5.41, 5.74) is 1.51. The van der Waals surface area contributed by atoms with Gasteiger partial charge in [-0.15, -0.1) is 11.3 Å². The topological polar surface area (TPSA) is 65.1 Å². The van der Waals surface area contributed by atoms with Gasteiger partial charge in [-0.3, -0.25) is 9.59 Å². The molecule has 0 radical (unpaired) electrons. The molecule has 2 aliphatic rings. The average Bonchev–Trinajstić information content (AvgIpc) is 3.19. The van der Waals surface area contributed by atoms with Gasteiger partial charge in [0.15, 0.2) is 11.5 Å². The third kappa shape index (κ3) is 3.90. The minimum Gasteiger partial charge on any atom is -0.485 e. The molecule has 30 heavy (non-hydrogen) atoms. The lowest BCUT2D eigenvalue weighted by atomic mass is 9.74. The van der Waals surface area contributed by atoms with Crippen LogP contribution in [0.3, 0.4) is 0 Å². The van der Waals surface area contributed by atoms with Crippen LogP contribution in [0.25, 0.3) is 0 Å². The number of fused-ring (bicyclic) bond motifs is 1. The molecule has 160 valence electrons. The van der Waals surface area contributed by atoms with E-state index in [1.165, 1.54) is 11.3 Å². The van der Waals surface area contributed by atoms with Gasteiger partial charge in [0, 0.05) is 18.5 Å². The highest BCUT2D eigenvalue weighted by Crippen LogP contribution is 2.42. The van der Waals surface area contributed by atoms with Gasteiger partial charge in [0.1, 0.15) is 18.1 Å². The Bertz CT molecular complexity index is 939. The summed E-state index contributed by atoms with van der Waals surface area (Å²) in [6, 6.07) is 8.09. The summed E-state index contributed by atoms with van der Waals surface area (Å²) in [5, 5.41) is 1.82. The van der Waals surface area contributed by atoms with Crippen molar-refractivity contribution in [3.63, 3.8) is 0 Å². The molecule has 1 aromatic heterocycles. The summed E-state index contributed by atoms with van der Waals surface area (Å²) < 4.78 is 16.8. The van der Waals surface area contributed by atoms with E-state index in [4.69, 9.17) is 14.2 Å². The van der Waals surface area contributed by atoms with Gasteiger partial charge in [0.2, 0.25) is 0 Å². The van der Waals surface area contributed by atoms with Crippen LogP contribution in [0.4, 0.5) is 0 Å². The van der Waals surface area contributed by atoms with Crippen LogP contribution in [0.5, 0.6) is 11.5 Å². The summed E-state index contributed by atoms with van der Waals surface area (Å²) in [6.07, 6.45) is 2.01. The molecule has 1 aromatic carbocycles. The zero-order valence-electron chi connectivity index (χ0n) is 17.4. The van der Waals surface area contributed by atoms with Crippen molar-refractivity contribution in [3.05, 3.63) is 45.6 Å². The molecule has 2 aliphatic heterocycles. The first kappa shape index (κ1) is 20.7. The molecule has 1 atom stereocenters. The molecular formula is C23H27NO5S. The zero-order chi connectivity index (χ0) is 21.1. The van der Waals surface area contributed by atoms with E-state index in [1.807, 2.05) is 24.4 Å². The minimum absolute atomic E-state index is 0.107. The van der Waals surface area contributed by atoms with Crippen molar-refractivity contribution < 1.29 is 23.8 Å². The van der Waals surface area contributed by atoms with E-state index in [9.17, 15) is 9.59 Å². The number of benzene rings is 1. The SMILES string of the molecule is CCOC(=O)[C@]1(Cc2ccccc2C)CCCN(C(=O)c2scc3c2OCCO3)C1. The standard InChI is InChI=1S/C23H27NO5S/c1-3-27-22(26)23(13-17-8-5-4-7-16(17)2)9-6-10-24(15-23)21(25)20-19-18(14-30-20)28-11-12-29-19/h4-5,7-8,14H,3,6,9-13,15H2,1-2H3/t23-/m0/s1. The fourth-order valence-corrected chi connectivity index (χ4v) is 5.20. The zero-order valence-corrected chi connectivity index (χ0v) is 18.3. The molecule has 0 saturated carbocycles. The summed E-state index contributed by atoms with van der Waals surface area (Å²) in [5.74, 6) is 0.828. The van der Waals surface area contributed by atoms with E-state index in [1.54, 1.807) is 4.90 Å². The molecule has 0 unspecified atom stereocenters. The van der Waals surface area contributed by atoms with Crippen LogP contribution in [0.1, 0.15) is 40.6 Å². The van der Waals surface area contributed by atoms with Gasteiger partial charge in [-0.2, -0.15) is 0 Å². The van der Waals surface area contributed by atoms with E-state index >= 15 is 0 Å². The summed E-state index contributed by atoms with van der Waals surface area (Å²) in [6.45, 7) is 6.07. The number of amides is 1. The number of hydrogen-bond acceptors (Lipinski definition) is 6. The smallest absolute Gasteiger partial charge is 0.314 e. The Labute approximate surface area is 180 Å². The summed E-state index contributed by atoms with van der Waals surface area (Å²) >= 11 is 1.33. The van der Waals surface area contributed by atoms with Gasteiger partial charge in [0.25, 0.3) is 5.91 Å². The Hall–Kier alpha value is -2.54. The van der Waals surface area contributed by atoms with Crippen LogP contribution in [0.2, 0.25) is 0 Å². The van der Waals surface area contributed by atoms with Crippen LogP contribution in [-0.2, 0) is 16.0 Å². The molecule has 0 bridgehead atoms. The van der Waals surface area contributed by atoms with E-state index in [0.29, 0.717) is 62.1 Å². The second kappa shape index (κ2) is 8.68. The third-order valence-corrected chi connectivity index (χ3v) is 6.79. The van der Waals surface area contributed by atoms with Crippen LogP contribution in [0.15, 0.2) is 29.6 Å². The molecule has 1 saturated heterocycles. The number of carbonyl (C=O) groups excluding carboxylic acids is 2. The second-order valence-corrected chi connectivity index (χ2v) is 8.77. The Morgan fingerprint density at radius 1 is 1.23 bits per heavy atom. The highest BCUT2D eigenvalue weighted by atomic mass is 32.1. The van der Waals surface area contributed by atoms with Crippen LogP contribution in [0, 0.1) is 12.3 Å². The Kier molecular flexibility index (Phi) is 5.99. The van der Waals surface area contributed by atoms with Crippen LogP contribution < -0.4 is 9.47 Å². The van der Waals surface area contributed by atoms with Gasteiger partial charge >= 0.3 is 5.97 Å². The van der Waals surface area contributed by atoms with Crippen LogP contribution >= 0.6 is 11.3 Å². The molecule has 1 amide bonds. The Morgan fingerprint density at radius 2 is 2.03 bits per heavy atom. The Morgan fingerprint density at radius 3 is 2.83 bits per heavy atom. The number of thiophene rings is 1. The van der Waals surface area contributed by atoms with Crippen molar-refractivity contribution in [1.82, 2.24) is 4.90 Å². The molecule has 3 heterocycles. The average molecular weight is 430 g/mol. The molecule has 6 nitrogen and oxygen atoms in total. The van der Waals surface area contributed by atoms with Gasteiger partial charge in [0.05, 0.1) is 12.0 Å². The second-order valence-electron chi connectivity index (χ2n) is 7.89. The third-order valence-electron chi connectivity index (χ3n) is 5.86. The lowest BCUT2D eigenvalue weighted by Gasteiger charge is -2.41. The molecule has 1 fully saturated rings. The number of carbonyl (C=O) groups is 2. The van der Waals surface area contributed by atoms with Gasteiger partial charge in [-0.25, -0.2) is 0 Å². The monoisotopic (exact) mass is 429 g/mol. The maximum Gasteiger partial charge on any atom is 0.314 e. The maximum atomic E-state index is 13.4. The van der Waals surface area contributed by atoms with Crippen molar-refractivity contribution in [2.75, 3.05) is 32.9 Å². The predicted molar refractivity (Wildman–Crippen MR) is 114 cm³/mol. The number of aryl methyl sites for hydroxylation is 1. The van der Waals surface area contributed by atoms with Crippen molar-refractivity contribution in [2.24, 2.45) is 5.41 Å². The molecule has 0 N–H and O–H groups in total. The molecule has 7 heteroatoms. The maximum absolute atomic E-state index is 13.4. The van der Waals surface area contributed by atoms with Crippen molar-refractivity contribution in [2.45, 2.75) is 33.1 Å². The van der Waals surface area contributed by atoms with E-state index in [2.05, 4.69) is 19.1 Å². The number of esters is 1. The fraction of sp³-hybridized carbons (Fsp3) is 0.478. The number of nitrogens with zero attached hydrogens (tertiary/aromatic N) is 1. The molecule has 0 spiro atoms. The predicted octanol–water partition coefficient (Wildman–Crippen LogP) is 3.86. The van der Waals surface area contributed by atoms with E-state index < -0.39 is 5.41 Å². The molecule has 4 rings (SSSR count). The lowest BCUT2D eigenvalue weighted by Crippen LogP contribution is -2.51. The molecular weight excluding hydrogens is 402 g/mol. The van der Waals surface area contributed by atoms with E-state index in [-0.39, 0.29) is 11.9 Å². The fourth-order valence-electron chi connectivity index (χ4n) is 4.30. The van der Waals surface area contributed by atoms with Gasteiger partial charge < -0.3 is 19.1 Å². The van der Waals surface area contributed by atoms with Crippen molar-refractivity contribution in [3.8, 4) is 11.5 Å². The summed E-state index contributed by atoms with van der Waals surface area (Å²) in [4.78, 5) is 28.8. The number of rotatable bonds is 5. The van der Waals surface area contributed by atoms with Gasteiger partial charge in [-0.1, -0.05) is 24.3 Å². The number of likely N-dealkylation sites (tertiary alicyclic amines) is 1. The van der Waals surface area contributed by atoms with Crippen molar-refractivity contribution >= 4 is 23.2 Å². The first-order chi connectivity index (χ1) is 14.5. The highest BCUT2D eigenvalue weighted by molar-refractivity contribution is 7.12. The first-order valence-corrected chi connectivity index (χ1v) is 11.3. The number of piperidine rings is 1. The van der Waals surface area contributed by atoms with Crippen LogP contribution in [-0.4, -0.2) is 49.7 Å². The quantitative estimate of drug-likeness (QED) is 0.676. The first-order valence-electron chi connectivity index (χ1n) is 10.4. The molecule has 2 aromatic rings. The van der Waals surface area contributed by atoms with Crippen molar-refractivity contribution in [1.29, 1.82) is 0 Å². The number of hydrogen-bond donors (Lipinski definition) is 0. The molecule has 0 aliphatic carbocycles. The van der Waals surface area contributed by atoms with E-state index in [0.717, 1.165) is 17.5 Å². The largest absolute Gasteiger partial charge is 0.485 e. The summed E-state index contributed by atoms with van der Waals surface area (Å²) in [7, 11) is 0.